The number of rotatable bonds is 3. The van der Waals surface area contributed by atoms with Crippen molar-refractivity contribution in [1.82, 2.24) is 4.98 Å². The molecular weight excluding hydrogens is 224 g/mol. The Morgan fingerprint density at radius 3 is 2.93 bits per heavy atom. The zero-order valence-electron chi connectivity index (χ0n) is 7.77. The van der Waals surface area contributed by atoms with Gasteiger partial charge in [0.2, 0.25) is 5.69 Å². The molecule has 0 bridgehead atoms. The minimum absolute atomic E-state index is 0.115. The van der Waals surface area contributed by atoms with Crippen molar-refractivity contribution in [1.29, 1.82) is 0 Å². The highest BCUT2D eigenvalue weighted by Crippen LogP contribution is 2.26. The zero-order chi connectivity index (χ0) is 11.4. The first-order chi connectivity index (χ1) is 7.07. The Hall–Kier alpha value is -1.69. The normalized spacial score (nSPS) is 9.73. The van der Waals surface area contributed by atoms with Crippen LogP contribution in [0, 0.1) is 10.1 Å². The standard InChI is InChI=1S/C8H7ClN2O4/c1-2-15-8(12)6-7(11(13)14)5(9)3-4-10-6/h3-4H,2H2,1H3. The van der Waals surface area contributed by atoms with Crippen molar-refractivity contribution < 1.29 is 14.5 Å². The number of halogens is 1. The van der Waals surface area contributed by atoms with Crippen molar-refractivity contribution in [2.75, 3.05) is 6.61 Å². The summed E-state index contributed by atoms with van der Waals surface area (Å²) in [5.74, 6) is -0.855. The summed E-state index contributed by atoms with van der Waals surface area (Å²) < 4.78 is 4.61. The molecular formula is C8H7ClN2O4. The maximum Gasteiger partial charge on any atom is 0.364 e. The minimum Gasteiger partial charge on any atom is -0.461 e. The van der Waals surface area contributed by atoms with Crippen LogP contribution in [0.5, 0.6) is 0 Å². The fourth-order valence-corrected chi connectivity index (χ4v) is 1.17. The summed E-state index contributed by atoms with van der Waals surface area (Å²) in [6.07, 6.45) is 1.21. The number of nitrogens with zero attached hydrogens (tertiary/aromatic N) is 2. The minimum atomic E-state index is -0.855. The van der Waals surface area contributed by atoms with Crippen LogP contribution in [-0.4, -0.2) is 22.5 Å². The monoisotopic (exact) mass is 230 g/mol. The molecule has 0 spiro atoms. The average molecular weight is 231 g/mol. The molecule has 1 heterocycles. The highest BCUT2D eigenvalue weighted by molar-refractivity contribution is 6.33. The topological polar surface area (TPSA) is 82.3 Å². The second kappa shape index (κ2) is 4.70. The van der Waals surface area contributed by atoms with Crippen molar-refractivity contribution in [3.63, 3.8) is 0 Å². The molecule has 6 nitrogen and oxygen atoms in total. The lowest BCUT2D eigenvalue weighted by molar-refractivity contribution is -0.385. The first-order valence-electron chi connectivity index (χ1n) is 4.04. The zero-order valence-corrected chi connectivity index (χ0v) is 8.52. The van der Waals surface area contributed by atoms with E-state index >= 15 is 0 Å². The molecule has 0 aliphatic rings. The van der Waals surface area contributed by atoms with Crippen LogP contribution in [-0.2, 0) is 4.74 Å². The van der Waals surface area contributed by atoms with E-state index in [4.69, 9.17) is 11.6 Å². The molecule has 0 N–H and O–H groups in total. The molecule has 0 unspecified atom stereocenters. The van der Waals surface area contributed by atoms with Gasteiger partial charge in [-0.3, -0.25) is 10.1 Å². The van der Waals surface area contributed by atoms with Gasteiger partial charge in [-0.25, -0.2) is 9.78 Å². The molecule has 0 radical (unpaired) electrons. The molecule has 1 rings (SSSR count). The van der Waals surface area contributed by atoms with Gasteiger partial charge in [-0.05, 0) is 13.0 Å². The van der Waals surface area contributed by atoms with E-state index in [1.807, 2.05) is 0 Å². The van der Waals surface area contributed by atoms with Crippen LogP contribution < -0.4 is 0 Å². The summed E-state index contributed by atoms with van der Waals surface area (Å²) in [4.78, 5) is 24.7. The van der Waals surface area contributed by atoms with E-state index in [0.29, 0.717) is 0 Å². The second-order valence-corrected chi connectivity index (χ2v) is 2.87. The largest absolute Gasteiger partial charge is 0.461 e. The van der Waals surface area contributed by atoms with Gasteiger partial charge in [0.25, 0.3) is 0 Å². The summed E-state index contributed by atoms with van der Waals surface area (Å²) in [5, 5.41) is 10.5. The van der Waals surface area contributed by atoms with Gasteiger partial charge in [-0.2, -0.15) is 0 Å². The Morgan fingerprint density at radius 2 is 2.40 bits per heavy atom. The van der Waals surface area contributed by atoms with E-state index in [0.717, 1.165) is 0 Å². The number of carbonyl (C=O) groups excluding carboxylic acids is 1. The lowest BCUT2D eigenvalue weighted by atomic mass is 10.3. The van der Waals surface area contributed by atoms with Crippen molar-refractivity contribution in [3.8, 4) is 0 Å². The summed E-state index contributed by atoms with van der Waals surface area (Å²) in [6, 6.07) is 1.24. The lowest BCUT2D eigenvalue weighted by Crippen LogP contribution is -2.10. The number of esters is 1. The molecule has 0 fully saturated rings. The maximum atomic E-state index is 11.3. The summed E-state index contributed by atoms with van der Waals surface area (Å²) >= 11 is 5.58. The van der Waals surface area contributed by atoms with Crippen molar-refractivity contribution in [2.24, 2.45) is 0 Å². The number of carbonyl (C=O) groups is 1. The Labute approximate surface area is 90.0 Å². The molecule has 0 amide bonds. The fourth-order valence-electron chi connectivity index (χ4n) is 0.953. The Morgan fingerprint density at radius 1 is 1.73 bits per heavy atom. The number of hydrogen-bond acceptors (Lipinski definition) is 5. The number of aromatic nitrogens is 1. The van der Waals surface area contributed by atoms with E-state index in [2.05, 4.69) is 9.72 Å². The molecule has 7 heteroatoms. The van der Waals surface area contributed by atoms with Crippen LogP contribution >= 0.6 is 11.6 Å². The third-order valence-electron chi connectivity index (χ3n) is 1.53. The molecule has 0 aromatic carbocycles. The molecule has 0 saturated heterocycles. The van der Waals surface area contributed by atoms with E-state index < -0.39 is 16.6 Å². The smallest absolute Gasteiger partial charge is 0.364 e. The molecule has 0 saturated carbocycles. The van der Waals surface area contributed by atoms with Crippen molar-refractivity contribution in [3.05, 3.63) is 33.1 Å². The number of pyridine rings is 1. The maximum absolute atomic E-state index is 11.3. The molecule has 80 valence electrons. The predicted octanol–water partition coefficient (Wildman–Crippen LogP) is 1.82. The van der Waals surface area contributed by atoms with Crippen LogP contribution in [0.3, 0.4) is 0 Å². The fraction of sp³-hybridized carbons (Fsp3) is 0.250. The van der Waals surface area contributed by atoms with Gasteiger partial charge in [-0.15, -0.1) is 0 Å². The molecule has 1 aromatic heterocycles. The Balaban J connectivity index is 3.23. The molecule has 0 atom stereocenters. The summed E-state index contributed by atoms with van der Waals surface area (Å²) in [6.45, 7) is 1.71. The third kappa shape index (κ3) is 2.41. The van der Waals surface area contributed by atoms with Gasteiger partial charge in [0.15, 0.2) is 0 Å². The predicted molar refractivity (Wildman–Crippen MR) is 51.9 cm³/mol. The van der Waals surface area contributed by atoms with Crippen molar-refractivity contribution in [2.45, 2.75) is 6.92 Å². The first-order valence-corrected chi connectivity index (χ1v) is 4.41. The molecule has 15 heavy (non-hydrogen) atoms. The van der Waals surface area contributed by atoms with Gasteiger partial charge >= 0.3 is 11.7 Å². The van der Waals surface area contributed by atoms with Crippen LogP contribution in [0.25, 0.3) is 0 Å². The summed E-state index contributed by atoms with van der Waals surface area (Å²) in [7, 11) is 0. The Bertz CT molecular complexity index is 408. The second-order valence-electron chi connectivity index (χ2n) is 2.47. The van der Waals surface area contributed by atoms with Gasteiger partial charge in [0.05, 0.1) is 11.5 Å². The number of ether oxygens (including phenoxy) is 1. The van der Waals surface area contributed by atoms with E-state index in [1.54, 1.807) is 6.92 Å². The lowest BCUT2D eigenvalue weighted by Gasteiger charge is -2.02. The van der Waals surface area contributed by atoms with Crippen molar-refractivity contribution >= 4 is 23.3 Å². The van der Waals surface area contributed by atoms with Gasteiger partial charge in [0.1, 0.15) is 5.02 Å². The molecule has 1 aromatic rings. The van der Waals surface area contributed by atoms with E-state index in [-0.39, 0.29) is 17.3 Å². The van der Waals surface area contributed by atoms with Gasteiger partial charge < -0.3 is 4.74 Å². The quantitative estimate of drug-likeness (QED) is 0.449. The highest BCUT2D eigenvalue weighted by atomic mass is 35.5. The van der Waals surface area contributed by atoms with Crippen LogP contribution in [0.15, 0.2) is 12.3 Å². The van der Waals surface area contributed by atoms with E-state index in [1.165, 1.54) is 12.3 Å². The number of nitro groups is 1. The molecule has 0 aliphatic heterocycles. The number of hydrogen-bond donors (Lipinski definition) is 0. The van der Waals surface area contributed by atoms with Gasteiger partial charge in [0, 0.05) is 6.20 Å². The third-order valence-corrected chi connectivity index (χ3v) is 1.83. The van der Waals surface area contributed by atoms with Crippen LogP contribution in [0.2, 0.25) is 5.02 Å². The first kappa shape index (κ1) is 11.4. The Kier molecular flexibility index (Phi) is 3.56. The average Bonchev–Trinajstić information content (AvgIpc) is 2.17. The van der Waals surface area contributed by atoms with Crippen LogP contribution in [0.4, 0.5) is 5.69 Å². The van der Waals surface area contributed by atoms with E-state index in [9.17, 15) is 14.9 Å². The summed E-state index contributed by atoms with van der Waals surface area (Å²) in [5.41, 5.74) is -0.910. The molecule has 0 aliphatic carbocycles. The highest BCUT2D eigenvalue weighted by Gasteiger charge is 2.26. The SMILES string of the molecule is CCOC(=O)c1nccc(Cl)c1[N+](=O)[O-]. The van der Waals surface area contributed by atoms with Crippen LogP contribution in [0.1, 0.15) is 17.4 Å². The van der Waals surface area contributed by atoms with Gasteiger partial charge in [-0.1, -0.05) is 11.6 Å².